The standard InChI is InChI=1S/C26H28N6O/c1-17-10-12-19(13-11-17)23-28-29-24-21-8-3-4-9-22(21)27-26(32(23)24)30-14-15-31(18(2)16-30)25(33)20-6-5-7-20/h3-4,8-13,18,20H,5-7,14-16H2,1-2H3/t18-/m1/s1. The summed E-state index contributed by atoms with van der Waals surface area (Å²) in [6.45, 7) is 6.43. The molecule has 0 N–H and O–H groups in total. The third kappa shape index (κ3) is 3.34. The summed E-state index contributed by atoms with van der Waals surface area (Å²) in [5.74, 6) is 2.19. The summed E-state index contributed by atoms with van der Waals surface area (Å²) in [5, 5.41) is 10.2. The highest BCUT2D eigenvalue weighted by Crippen LogP contribution is 2.32. The molecule has 7 heteroatoms. The molecule has 168 valence electrons. The van der Waals surface area contributed by atoms with Gasteiger partial charge in [0.05, 0.1) is 5.52 Å². The molecule has 1 saturated heterocycles. The monoisotopic (exact) mass is 440 g/mol. The van der Waals surface area contributed by atoms with Gasteiger partial charge in [0.1, 0.15) is 0 Å². The summed E-state index contributed by atoms with van der Waals surface area (Å²) in [4.78, 5) is 22.4. The van der Waals surface area contributed by atoms with Gasteiger partial charge in [-0.25, -0.2) is 9.38 Å². The number of fused-ring (bicyclic) bond motifs is 3. The Labute approximate surface area is 193 Å². The zero-order valence-corrected chi connectivity index (χ0v) is 19.1. The fraction of sp³-hybridized carbons (Fsp3) is 0.385. The molecule has 1 saturated carbocycles. The van der Waals surface area contributed by atoms with Gasteiger partial charge in [-0.2, -0.15) is 0 Å². The quantitative estimate of drug-likeness (QED) is 0.480. The number of benzene rings is 2. The van der Waals surface area contributed by atoms with Crippen molar-refractivity contribution < 1.29 is 4.79 Å². The van der Waals surface area contributed by atoms with Gasteiger partial charge in [0.2, 0.25) is 11.9 Å². The second kappa shape index (κ2) is 7.83. The first-order valence-electron chi connectivity index (χ1n) is 11.9. The number of carbonyl (C=O) groups is 1. The van der Waals surface area contributed by atoms with Crippen LogP contribution in [0.25, 0.3) is 27.9 Å². The van der Waals surface area contributed by atoms with Crippen LogP contribution < -0.4 is 4.90 Å². The first kappa shape index (κ1) is 20.1. The maximum atomic E-state index is 12.9. The number of amides is 1. The second-order valence-corrected chi connectivity index (χ2v) is 9.43. The maximum Gasteiger partial charge on any atom is 0.226 e. The van der Waals surface area contributed by atoms with E-state index in [-0.39, 0.29) is 12.0 Å². The highest BCUT2D eigenvalue weighted by atomic mass is 16.2. The second-order valence-electron chi connectivity index (χ2n) is 9.43. The van der Waals surface area contributed by atoms with Crippen LogP contribution in [0.4, 0.5) is 5.95 Å². The zero-order chi connectivity index (χ0) is 22.5. The van der Waals surface area contributed by atoms with Crippen LogP contribution in [0.1, 0.15) is 31.7 Å². The molecule has 3 heterocycles. The third-order valence-electron chi connectivity index (χ3n) is 7.19. The number of hydrogen-bond acceptors (Lipinski definition) is 5. The van der Waals surface area contributed by atoms with E-state index in [9.17, 15) is 4.79 Å². The fourth-order valence-electron chi connectivity index (χ4n) is 5.02. The summed E-state index contributed by atoms with van der Waals surface area (Å²) in [6, 6.07) is 16.6. The average Bonchev–Trinajstić information content (AvgIpc) is 3.23. The van der Waals surface area contributed by atoms with Gasteiger partial charge in [-0.05, 0) is 38.8 Å². The number of rotatable bonds is 3. The number of piperazine rings is 1. The Bertz CT molecular complexity index is 1340. The summed E-state index contributed by atoms with van der Waals surface area (Å²) < 4.78 is 2.09. The number of nitrogens with zero attached hydrogens (tertiary/aromatic N) is 6. The van der Waals surface area contributed by atoms with E-state index >= 15 is 0 Å². The van der Waals surface area contributed by atoms with Gasteiger partial charge in [0.25, 0.3) is 0 Å². The molecule has 33 heavy (non-hydrogen) atoms. The van der Waals surface area contributed by atoms with Crippen LogP contribution in [0.2, 0.25) is 0 Å². The number of aryl methyl sites for hydroxylation is 1. The zero-order valence-electron chi connectivity index (χ0n) is 19.1. The van der Waals surface area contributed by atoms with E-state index in [0.717, 1.165) is 59.8 Å². The van der Waals surface area contributed by atoms with Gasteiger partial charge in [-0.1, -0.05) is 48.4 Å². The van der Waals surface area contributed by atoms with Gasteiger partial charge in [-0.15, -0.1) is 10.2 Å². The van der Waals surface area contributed by atoms with Crippen LogP contribution in [-0.2, 0) is 4.79 Å². The van der Waals surface area contributed by atoms with Crippen LogP contribution in [0, 0.1) is 12.8 Å². The van der Waals surface area contributed by atoms with Crippen LogP contribution in [0.3, 0.4) is 0 Å². The molecule has 0 bridgehead atoms. The lowest BCUT2D eigenvalue weighted by Gasteiger charge is -2.43. The minimum absolute atomic E-state index is 0.134. The Morgan fingerprint density at radius 2 is 1.79 bits per heavy atom. The van der Waals surface area contributed by atoms with Gasteiger partial charge in [0, 0.05) is 42.5 Å². The van der Waals surface area contributed by atoms with Crippen molar-refractivity contribution in [3.05, 3.63) is 54.1 Å². The lowest BCUT2D eigenvalue weighted by atomic mass is 9.84. The van der Waals surface area contributed by atoms with Gasteiger partial charge >= 0.3 is 0 Å². The number of carbonyl (C=O) groups excluding carboxylic acids is 1. The highest BCUT2D eigenvalue weighted by molar-refractivity contribution is 5.93. The Hall–Kier alpha value is -3.48. The van der Waals surface area contributed by atoms with E-state index in [1.807, 2.05) is 24.3 Å². The van der Waals surface area contributed by atoms with Crippen molar-refractivity contribution in [1.29, 1.82) is 0 Å². The van der Waals surface area contributed by atoms with E-state index in [1.54, 1.807) is 0 Å². The summed E-state index contributed by atoms with van der Waals surface area (Å²) in [7, 11) is 0. The van der Waals surface area contributed by atoms with Gasteiger partial charge in [0.15, 0.2) is 11.5 Å². The van der Waals surface area contributed by atoms with Crippen LogP contribution >= 0.6 is 0 Å². The number of anilines is 1. The SMILES string of the molecule is Cc1ccc(-c2nnc3c4ccccc4nc(N4CCN(C(=O)C5CCC5)[C@H](C)C4)n23)cc1. The van der Waals surface area contributed by atoms with Crippen molar-refractivity contribution >= 4 is 28.4 Å². The van der Waals surface area contributed by atoms with Gasteiger partial charge in [-0.3, -0.25) is 4.79 Å². The van der Waals surface area contributed by atoms with Crippen molar-refractivity contribution in [3.8, 4) is 11.4 Å². The minimum Gasteiger partial charge on any atom is -0.338 e. The largest absolute Gasteiger partial charge is 0.338 e. The fourth-order valence-corrected chi connectivity index (χ4v) is 5.02. The van der Waals surface area contributed by atoms with E-state index in [2.05, 4.69) is 62.5 Å². The van der Waals surface area contributed by atoms with E-state index in [0.29, 0.717) is 12.5 Å². The molecule has 6 rings (SSSR count). The minimum atomic E-state index is 0.134. The molecule has 2 aliphatic rings. The number of aromatic nitrogens is 4. The van der Waals surface area contributed by atoms with Crippen LogP contribution in [-0.4, -0.2) is 56.1 Å². The number of hydrogen-bond donors (Lipinski definition) is 0. The summed E-state index contributed by atoms with van der Waals surface area (Å²) in [6.07, 6.45) is 3.26. The lowest BCUT2D eigenvalue weighted by Crippen LogP contribution is -2.56. The van der Waals surface area contributed by atoms with E-state index in [4.69, 9.17) is 4.98 Å². The first-order chi connectivity index (χ1) is 16.1. The third-order valence-corrected chi connectivity index (χ3v) is 7.19. The molecular formula is C26H28N6O. The van der Waals surface area contributed by atoms with E-state index < -0.39 is 0 Å². The molecule has 2 aromatic heterocycles. The average molecular weight is 441 g/mol. The first-order valence-corrected chi connectivity index (χ1v) is 11.9. The van der Waals surface area contributed by atoms with Crippen molar-refractivity contribution in [1.82, 2.24) is 24.5 Å². The Balaban J connectivity index is 1.44. The molecule has 2 aromatic carbocycles. The molecule has 0 radical (unpaired) electrons. The molecular weight excluding hydrogens is 412 g/mol. The van der Waals surface area contributed by atoms with Crippen molar-refractivity contribution in [3.63, 3.8) is 0 Å². The molecule has 4 aromatic rings. The maximum absolute atomic E-state index is 12.9. The van der Waals surface area contributed by atoms with E-state index in [1.165, 1.54) is 12.0 Å². The van der Waals surface area contributed by atoms with Crippen LogP contribution in [0.5, 0.6) is 0 Å². The molecule has 1 aliphatic carbocycles. The predicted molar refractivity (Wildman–Crippen MR) is 129 cm³/mol. The normalized spacial score (nSPS) is 19.3. The predicted octanol–water partition coefficient (Wildman–Crippen LogP) is 4.09. The lowest BCUT2D eigenvalue weighted by molar-refractivity contribution is -0.140. The topological polar surface area (TPSA) is 66.6 Å². The molecule has 1 amide bonds. The summed E-state index contributed by atoms with van der Waals surface area (Å²) >= 11 is 0. The van der Waals surface area contributed by atoms with Crippen LogP contribution in [0.15, 0.2) is 48.5 Å². The Morgan fingerprint density at radius 1 is 1.00 bits per heavy atom. The molecule has 0 spiro atoms. The Kier molecular flexibility index (Phi) is 4.78. The number of para-hydroxylation sites is 1. The molecule has 0 unspecified atom stereocenters. The molecule has 2 fully saturated rings. The molecule has 7 nitrogen and oxygen atoms in total. The summed E-state index contributed by atoms with van der Waals surface area (Å²) in [5.41, 5.74) is 3.94. The Morgan fingerprint density at radius 3 is 2.52 bits per heavy atom. The van der Waals surface area contributed by atoms with Crippen molar-refractivity contribution in [2.45, 2.75) is 39.2 Å². The molecule has 1 atom stereocenters. The smallest absolute Gasteiger partial charge is 0.226 e. The van der Waals surface area contributed by atoms with Crippen molar-refractivity contribution in [2.75, 3.05) is 24.5 Å². The highest BCUT2D eigenvalue weighted by Gasteiger charge is 2.35. The molecule has 1 aliphatic heterocycles. The van der Waals surface area contributed by atoms with Gasteiger partial charge < -0.3 is 9.80 Å². The van der Waals surface area contributed by atoms with Crippen molar-refractivity contribution in [2.24, 2.45) is 5.92 Å².